The van der Waals surface area contributed by atoms with Crippen molar-refractivity contribution in [3.63, 3.8) is 0 Å². The summed E-state index contributed by atoms with van der Waals surface area (Å²) in [6, 6.07) is 15.1. The van der Waals surface area contributed by atoms with Gasteiger partial charge < -0.3 is 15.7 Å². The fourth-order valence-corrected chi connectivity index (χ4v) is 3.43. The van der Waals surface area contributed by atoms with Crippen molar-refractivity contribution in [2.24, 2.45) is 0 Å². The van der Waals surface area contributed by atoms with Crippen molar-refractivity contribution >= 4 is 11.7 Å². The van der Waals surface area contributed by atoms with Crippen molar-refractivity contribution in [3.05, 3.63) is 70.8 Å². The van der Waals surface area contributed by atoms with E-state index in [-0.39, 0.29) is 11.7 Å². The van der Waals surface area contributed by atoms with Gasteiger partial charge in [-0.25, -0.2) is 0 Å². The number of nitrogens with one attached hydrogen (secondary N) is 2. The second kappa shape index (κ2) is 9.51. The fraction of sp³-hybridized carbons (Fsp3) is 0.333. The van der Waals surface area contributed by atoms with Crippen molar-refractivity contribution in [2.75, 3.05) is 19.7 Å². The van der Waals surface area contributed by atoms with Crippen molar-refractivity contribution in [3.8, 4) is 11.8 Å². The van der Waals surface area contributed by atoms with E-state index in [0.29, 0.717) is 18.5 Å². The monoisotopic (exact) mass is 390 g/mol. The summed E-state index contributed by atoms with van der Waals surface area (Å²) in [5.41, 5.74) is 2.43. The van der Waals surface area contributed by atoms with Crippen LogP contribution in [-0.2, 0) is 11.2 Å². The Bertz CT molecular complexity index is 915. The van der Waals surface area contributed by atoms with Crippen molar-refractivity contribution < 1.29 is 14.7 Å². The van der Waals surface area contributed by atoms with Crippen molar-refractivity contribution in [1.82, 2.24) is 10.6 Å². The number of hydrogen-bond acceptors (Lipinski definition) is 4. The van der Waals surface area contributed by atoms with Gasteiger partial charge in [0.25, 0.3) is 5.91 Å². The van der Waals surface area contributed by atoms with Crippen LogP contribution >= 0.6 is 0 Å². The first kappa shape index (κ1) is 20.8. The van der Waals surface area contributed by atoms with Crippen LogP contribution in [0.2, 0.25) is 0 Å². The van der Waals surface area contributed by atoms with Gasteiger partial charge in [-0.1, -0.05) is 30.9 Å². The summed E-state index contributed by atoms with van der Waals surface area (Å²) in [4.78, 5) is 24.9. The zero-order valence-corrected chi connectivity index (χ0v) is 16.6. The maximum absolute atomic E-state index is 12.7. The summed E-state index contributed by atoms with van der Waals surface area (Å²) in [6.45, 7) is 2.66. The van der Waals surface area contributed by atoms with E-state index in [4.69, 9.17) is 0 Å². The molecule has 1 heterocycles. The third kappa shape index (κ3) is 5.11. The largest absolute Gasteiger partial charge is 0.388 e. The standard InChI is InChI=1S/C24H26N2O3/c1-2-18-4-6-19(7-5-18)8-9-20-10-12-21(13-11-20)23(29)26-24(22(28)16-27)14-3-15-25-17-24/h4-7,10-13,25,27H,2-3,14-17H2,1H3,(H,26,29)/t24-/m1/s1. The van der Waals surface area contributed by atoms with Crippen LogP contribution in [0.15, 0.2) is 48.5 Å². The molecule has 0 aromatic heterocycles. The molecule has 5 heteroatoms. The Balaban J connectivity index is 1.70. The lowest BCUT2D eigenvalue weighted by molar-refractivity contribution is -0.128. The van der Waals surface area contributed by atoms with Gasteiger partial charge in [-0.2, -0.15) is 0 Å². The summed E-state index contributed by atoms with van der Waals surface area (Å²) >= 11 is 0. The third-order valence-corrected chi connectivity index (χ3v) is 5.27. The number of rotatable bonds is 5. The lowest BCUT2D eigenvalue weighted by atomic mass is 9.85. The highest BCUT2D eigenvalue weighted by Gasteiger charge is 2.40. The number of carbonyl (C=O) groups is 2. The maximum Gasteiger partial charge on any atom is 0.252 e. The Kier molecular flexibility index (Phi) is 6.82. The normalized spacial score (nSPS) is 18.4. The molecule has 2 aromatic rings. The van der Waals surface area contributed by atoms with E-state index in [1.165, 1.54) is 5.56 Å². The molecule has 1 aliphatic heterocycles. The lowest BCUT2D eigenvalue weighted by Gasteiger charge is -2.36. The van der Waals surface area contributed by atoms with E-state index < -0.39 is 12.1 Å². The minimum absolute atomic E-state index is 0.329. The molecular formula is C24H26N2O3. The van der Waals surface area contributed by atoms with Gasteiger partial charge in [0.15, 0.2) is 5.78 Å². The number of hydrogen-bond donors (Lipinski definition) is 3. The molecule has 3 N–H and O–H groups in total. The van der Waals surface area contributed by atoms with Gasteiger partial charge in [-0.3, -0.25) is 9.59 Å². The summed E-state index contributed by atoms with van der Waals surface area (Å²) in [5.74, 6) is 5.53. The fourth-order valence-electron chi connectivity index (χ4n) is 3.43. The smallest absolute Gasteiger partial charge is 0.252 e. The van der Waals surface area contributed by atoms with Gasteiger partial charge in [0.1, 0.15) is 12.1 Å². The minimum Gasteiger partial charge on any atom is -0.388 e. The first-order valence-electron chi connectivity index (χ1n) is 9.95. The molecule has 0 saturated carbocycles. The van der Waals surface area contributed by atoms with E-state index in [2.05, 4.69) is 41.5 Å². The average Bonchev–Trinajstić information content (AvgIpc) is 2.78. The summed E-state index contributed by atoms with van der Waals surface area (Å²) in [7, 11) is 0. The van der Waals surface area contributed by atoms with Crippen LogP contribution in [0.1, 0.15) is 46.8 Å². The van der Waals surface area contributed by atoms with Gasteiger partial charge in [-0.15, -0.1) is 0 Å². The van der Waals surface area contributed by atoms with Gasteiger partial charge in [0, 0.05) is 23.2 Å². The highest BCUT2D eigenvalue weighted by molar-refractivity contribution is 6.00. The first-order chi connectivity index (χ1) is 14.1. The Morgan fingerprint density at radius 3 is 2.21 bits per heavy atom. The Hall–Kier alpha value is -2.94. The molecule has 1 amide bonds. The number of aliphatic hydroxyl groups is 1. The van der Waals surface area contributed by atoms with E-state index in [0.717, 1.165) is 30.5 Å². The molecule has 0 bridgehead atoms. The van der Waals surface area contributed by atoms with Gasteiger partial charge >= 0.3 is 0 Å². The molecule has 0 aliphatic carbocycles. The Morgan fingerprint density at radius 1 is 1.07 bits per heavy atom. The molecule has 150 valence electrons. The van der Waals surface area contributed by atoms with Crippen LogP contribution in [-0.4, -0.2) is 42.0 Å². The summed E-state index contributed by atoms with van der Waals surface area (Å²) < 4.78 is 0. The zero-order chi connectivity index (χ0) is 20.7. The first-order valence-corrected chi connectivity index (χ1v) is 9.95. The van der Waals surface area contributed by atoms with Crippen molar-refractivity contribution in [2.45, 2.75) is 31.7 Å². The Labute approximate surface area is 171 Å². The minimum atomic E-state index is -1.05. The van der Waals surface area contributed by atoms with E-state index in [1.54, 1.807) is 24.3 Å². The maximum atomic E-state index is 12.7. The van der Waals surface area contributed by atoms with E-state index in [9.17, 15) is 14.7 Å². The Morgan fingerprint density at radius 2 is 1.69 bits per heavy atom. The molecule has 1 atom stereocenters. The van der Waals surface area contributed by atoms with E-state index >= 15 is 0 Å². The molecule has 29 heavy (non-hydrogen) atoms. The predicted molar refractivity (Wildman–Crippen MR) is 113 cm³/mol. The van der Waals surface area contributed by atoms with Crippen LogP contribution in [0.3, 0.4) is 0 Å². The molecule has 1 fully saturated rings. The SMILES string of the molecule is CCc1ccc(C#Cc2ccc(C(=O)N[C@]3(C(=O)CO)CCCNC3)cc2)cc1. The number of aliphatic hydroxyl groups excluding tert-OH is 1. The van der Waals surface area contributed by atoms with Gasteiger partial charge in [-0.05, 0) is 67.8 Å². The van der Waals surface area contributed by atoms with Crippen LogP contribution < -0.4 is 10.6 Å². The summed E-state index contributed by atoms with van der Waals surface area (Å²) in [5, 5.41) is 15.3. The number of amides is 1. The predicted octanol–water partition coefficient (Wildman–Crippen LogP) is 2.06. The molecule has 0 radical (unpaired) electrons. The second-order valence-electron chi connectivity index (χ2n) is 7.28. The molecule has 2 aromatic carbocycles. The molecule has 5 nitrogen and oxygen atoms in total. The number of carbonyl (C=O) groups excluding carboxylic acids is 2. The number of piperidine rings is 1. The number of Topliss-reactive ketones (excluding diaryl/α,β-unsaturated/α-hetero) is 1. The lowest BCUT2D eigenvalue weighted by Crippen LogP contribution is -2.63. The molecule has 1 saturated heterocycles. The van der Waals surface area contributed by atoms with Crippen molar-refractivity contribution in [1.29, 1.82) is 0 Å². The van der Waals surface area contributed by atoms with Crippen LogP contribution in [0.25, 0.3) is 0 Å². The van der Waals surface area contributed by atoms with Gasteiger partial charge in [0.2, 0.25) is 0 Å². The molecule has 0 spiro atoms. The molecule has 1 aliphatic rings. The second-order valence-corrected chi connectivity index (χ2v) is 7.28. The number of aryl methyl sites for hydroxylation is 1. The molecule has 3 rings (SSSR count). The summed E-state index contributed by atoms with van der Waals surface area (Å²) in [6.07, 6.45) is 2.28. The highest BCUT2D eigenvalue weighted by Crippen LogP contribution is 2.19. The van der Waals surface area contributed by atoms with E-state index in [1.807, 2.05) is 12.1 Å². The van der Waals surface area contributed by atoms with Crippen LogP contribution in [0.5, 0.6) is 0 Å². The zero-order valence-electron chi connectivity index (χ0n) is 16.6. The number of ketones is 1. The highest BCUT2D eigenvalue weighted by atomic mass is 16.3. The molecular weight excluding hydrogens is 364 g/mol. The topological polar surface area (TPSA) is 78.4 Å². The van der Waals surface area contributed by atoms with Crippen LogP contribution in [0.4, 0.5) is 0 Å². The number of benzene rings is 2. The van der Waals surface area contributed by atoms with Gasteiger partial charge in [0.05, 0.1) is 0 Å². The quantitative estimate of drug-likeness (QED) is 0.683. The average molecular weight is 390 g/mol. The molecule has 0 unspecified atom stereocenters. The third-order valence-electron chi connectivity index (χ3n) is 5.27. The van der Waals surface area contributed by atoms with Crippen LogP contribution in [0, 0.1) is 11.8 Å².